The highest BCUT2D eigenvalue weighted by Gasteiger charge is 2.37. The highest BCUT2D eigenvalue weighted by Crippen LogP contribution is 2.45. The van der Waals surface area contributed by atoms with Crippen molar-refractivity contribution in [2.24, 2.45) is 0 Å². The lowest BCUT2D eigenvalue weighted by atomic mass is 10.1. The lowest BCUT2D eigenvalue weighted by Crippen LogP contribution is -2.58. The van der Waals surface area contributed by atoms with Crippen LogP contribution in [-0.4, -0.2) is 313 Å². The Balaban J connectivity index is 0.000000125. The Hall–Kier alpha value is -15.9. The van der Waals surface area contributed by atoms with Gasteiger partial charge in [-0.1, -0.05) is 67.7 Å². The number of aromatic nitrogens is 19. The van der Waals surface area contributed by atoms with Gasteiger partial charge in [-0.2, -0.15) is 35.3 Å². The Kier molecular flexibility index (Phi) is 28.5. The summed E-state index contributed by atoms with van der Waals surface area (Å²) >= 11 is 12.6. The van der Waals surface area contributed by atoms with Crippen molar-refractivity contribution in [3.63, 3.8) is 0 Å². The van der Waals surface area contributed by atoms with Crippen molar-refractivity contribution in [3.05, 3.63) is 212 Å². The van der Waals surface area contributed by atoms with Crippen LogP contribution < -0.4 is 48.2 Å². The molecule has 0 bridgehead atoms. The number of H-pyrrole nitrogens is 4. The van der Waals surface area contributed by atoms with E-state index in [0.29, 0.717) is 189 Å². The first-order valence-electron chi connectivity index (χ1n) is 46.4. The average molecular weight is 1960 g/mol. The number of anilines is 5. The summed E-state index contributed by atoms with van der Waals surface area (Å²) in [5.41, 5.74) is 8.16. The fourth-order valence-corrected chi connectivity index (χ4v) is 18.3. The molecule has 5 fully saturated rings. The fourth-order valence-electron chi connectivity index (χ4n) is 17.9. The van der Waals surface area contributed by atoms with E-state index in [9.17, 15) is 23.6 Å². The standard InChI is InChI=1S/C29H35N9O2.C27H32N8O3.C23H21ClN6O2.C21H17ClFN7O2/c1-7-24(39)36-10-11-38(19(4)14-36)27-21-12-18(3)31-28(40-26-17(2)8-9-23-22(26)13-30-34-23)25(21)32-29(33-27)37-15-20(16-37)35(5)6;1-5-22(36)34-12-14-35(15-13-34)25-19-9-10-28-26(23(19)30-27(31-25)37-16-6-11-33(3)4)38-24-18(2)7-8-21-20(24)17-29-32-21;1-3-20(31)30-10-9-29(12-14(30)2)23-15-5-4-6-19(21(15)25-13-26-23)32-22-16-11-27-28-18(16)8-7-17(22)24;1-2-16(31)29-5-7-30(8-6-29)20-12-3-4-24-21(18(12)25-11-26-20)32-19-13-10-27-28-15(13)9-14(23)17(19)22/h7-9,12-13,19-20H,1,10-11,14-16H2,2-6H3,(H,30,34);5,7-10,17H,1,6,11-16H2,2-4H3,(H,29,32);3-8,11,13-14H,1,9-10,12H2,2H3,(H,27,28);2-4,9-11H,1,5-8H2,(H,27,28)/t19-;;14-;/m0.0./s1. The van der Waals surface area contributed by atoms with Crippen molar-refractivity contribution in [1.82, 2.24) is 125 Å². The van der Waals surface area contributed by atoms with Crippen molar-refractivity contribution >= 4 is 163 Å². The topological polar surface area (TPSA) is 407 Å². The van der Waals surface area contributed by atoms with Gasteiger partial charge >= 0.3 is 6.01 Å². The van der Waals surface area contributed by atoms with Gasteiger partial charge in [0, 0.05) is 164 Å². The Morgan fingerprint density at radius 2 is 0.979 bits per heavy atom. The number of aryl methyl sites for hydroxylation is 3. The van der Waals surface area contributed by atoms with E-state index in [0.717, 1.165) is 115 Å². The second-order valence-electron chi connectivity index (χ2n) is 35.4. The lowest BCUT2D eigenvalue weighted by Gasteiger charge is -2.44. The predicted molar refractivity (Wildman–Crippen MR) is 544 cm³/mol. The summed E-state index contributed by atoms with van der Waals surface area (Å²) in [6.45, 7) is 36.1. The SMILES string of the molecule is C=CC(=O)N1CCN(c2nc(N3CC(N(C)C)C3)nc3c(Oc4c(C)ccc5[nH]ncc45)nc(C)cc23)[C@@H](C)C1.C=CC(=O)N1CCN(c2nc(OCCCN(C)C)nc3c(Oc4c(C)ccc5[nH]ncc45)nccc23)CC1.C=CC(=O)N1CCN(c2ncnc3c(Oc4c(Cl)c(F)cc5[nH]ncc45)nccc23)CC1.C=CC(=O)N1CCN(c2ncnc3c(Oc4c(Cl)ccc5[nH]ncc45)cccc23)C[C@@H]1C. The predicted octanol–water partition coefficient (Wildman–Crippen LogP) is 13.9. The number of pyridine rings is 3. The van der Waals surface area contributed by atoms with Gasteiger partial charge in [0.2, 0.25) is 47.2 Å². The third-order valence-electron chi connectivity index (χ3n) is 25.6. The normalized spacial score (nSPS) is 15.7. The third kappa shape index (κ3) is 20.1. The maximum Gasteiger partial charge on any atom is 0.319 e. The minimum absolute atomic E-state index is 0.0381. The zero-order valence-electron chi connectivity index (χ0n) is 79.9. The molecule has 730 valence electrons. The number of piperazine rings is 4. The number of aromatic amines is 4. The van der Waals surface area contributed by atoms with E-state index in [1.54, 1.807) is 52.9 Å². The van der Waals surface area contributed by atoms with E-state index in [-0.39, 0.29) is 58.4 Å². The van der Waals surface area contributed by atoms with Gasteiger partial charge in [0.05, 0.1) is 90.8 Å². The Morgan fingerprint density at radius 3 is 1.58 bits per heavy atom. The van der Waals surface area contributed by atoms with Gasteiger partial charge in [-0.3, -0.25) is 39.6 Å². The first-order chi connectivity index (χ1) is 68.8. The molecule has 5 aliphatic heterocycles. The summed E-state index contributed by atoms with van der Waals surface area (Å²) in [5.74, 6) is 6.39. The number of halogens is 3. The summed E-state index contributed by atoms with van der Waals surface area (Å²) in [6.07, 6.45) is 19.2. The number of nitrogens with zero attached hydrogens (tertiary/aromatic N) is 26. The number of carbonyl (C=O) groups is 4. The Bertz CT molecular complexity index is 7500. The lowest BCUT2D eigenvalue weighted by molar-refractivity contribution is -0.128. The van der Waals surface area contributed by atoms with Crippen molar-refractivity contribution in [2.45, 2.75) is 59.2 Å². The number of nitrogens with one attached hydrogen (secondary N) is 4. The maximum atomic E-state index is 14.3. The van der Waals surface area contributed by atoms with Gasteiger partial charge in [0.25, 0.3) is 0 Å². The fraction of sp³-hybridized carbons (Fsp3) is 0.310. The number of hydrogen-bond donors (Lipinski definition) is 4. The van der Waals surface area contributed by atoms with Gasteiger partial charge in [0.15, 0.2) is 17.2 Å². The molecule has 0 aliphatic carbocycles. The number of benzene rings is 5. The maximum absolute atomic E-state index is 14.3. The molecular formula is C100H105Cl2FN30O9. The van der Waals surface area contributed by atoms with Gasteiger partial charge in [-0.05, 0) is 159 Å². The molecule has 0 spiro atoms. The Morgan fingerprint density at radius 1 is 0.458 bits per heavy atom. The summed E-state index contributed by atoms with van der Waals surface area (Å²) in [5, 5.41) is 34.7. The quantitative estimate of drug-likeness (QED) is 0.0341. The summed E-state index contributed by atoms with van der Waals surface area (Å²) < 4.78 is 45.5. The van der Waals surface area contributed by atoms with Gasteiger partial charge in [-0.15, -0.1) is 0 Å². The second kappa shape index (κ2) is 42.0. The van der Waals surface area contributed by atoms with E-state index in [2.05, 4.69) is 152 Å². The van der Waals surface area contributed by atoms with E-state index < -0.39 is 5.82 Å². The summed E-state index contributed by atoms with van der Waals surface area (Å²) in [4.78, 5) is 122. The number of fused-ring (bicyclic) bond motifs is 8. The van der Waals surface area contributed by atoms with Crippen molar-refractivity contribution in [1.29, 1.82) is 0 Å². The smallest absolute Gasteiger partial charge is 0.319 e. The molecule has 0 radical (unpaired) electrons. The number of hydrogen-bond acceptors (Lipinski definition) is 31. The number of ether oxygens (including phenoxy) is 5. The van der Waals surface area contributed by atoms with Crippen LogP contribution in [0, 0.1) is 26.6 Å². The van der Waals surface area contributed by atoms with Crippen LogP contribution in [0.5, 0.6) is 52.4 Å². The molecule has 4 N–H and O–H groups in total. The Labute approximate surface area is 825 Å². The first-order valence-corrected chi connectivity index (χ1v) is 47.1. The minimum Gasteiger partial charge on any atom is -0.463 e. The van der Waals surface area contributed by atoms with Gasteiger partial charge in [0.1, 0.15) is 80.3 Å². The molecule has 42 heteroatoms. The molecule has 5 aromatic carbocycles. The summed E-state index contributed by atoms with van der Waals surface area (Å²) in [6, 6.07) is 25.1. The minimum atomic E-state index is -0.638. The number of rotatable bonds is 23. The molecule has 142 heavy (non-hydrogen) atoms. The van der Waals surface area contributed by atoms with Crippen LogP contribution in [0.4, 0.5) is 33.6 Å². The molecule has 0 saturated carbocycles. The van der Waals surface area contributed by atoms with Crippen LogP contribution in [-0.2, 0) is 19.2 Å². The molecule has 2 atom stereocenters. The van der Waals surface area contributed by atoms with Crippen LogP contribution in [0.3, 0.4) is 0 Å². The molecule has 39 nitrogen and oxygen atoms in total. The average Bonchev–Trinajstić information content (AvgIpc) is 0.983. The van der Waals surface area contributed by atoms with Gasteiger partial charge < -0.3 is 77.6 Å². The zero-order valence-corrected chi connectivity index (χ0v) is 81.4. The highest BCUT2D eigenvalue weighted by atomic mass is 35.5. The van der Waals surface area contributed by atoms with Crippen molar-refractivity contribution < 1.29 is 47.3 Å². The van der Waals surface area contributed by atoms with E-state index >= 15 is 0 Å². The molecular weight excluding hydrogens is 1860 g/mol. The molecule has 0 unspecified atom stereocenters. The highest BCUT2D eigenvalue weighted by molar-refractivity contribution is 6.34. The van der Waals surface area contributed by atoms with Crippen LogP contribution in [0.1, 0.15) is 37.1 Å². The first kappa shape index (κ1) is 96.3. The molecule has 4 amide bonds. The van der Waals surface area contributed by atoms with Crippen molar-refractivity contribution in [3.8, 4) is 52.4 Å². The van der Waals surface area contributed by atoms with Crippen molar-refractivity contribution in [2.75, 3.05) is 171 Å². The van der Waals surface area contributed by atoms with E-state index in [4.69, 9.17) is 71.8 Å². The number of amides is 4. The zero-order chi connectivity index (χ0) is 99.3. The molecule has 5 saturated heterocycles. The number of likely N-dealkylation sites (N-methyl/N-ethyl adjacent to an activating group) is 1. The monoisotopic (exact) mass is 1960 g/mol. The molecule has 5 aliphatic rings. The summed E-state index contributed by atoms with van der Waals surface area (Å²) in [7, 11) is 8.24. The molecule has 11 aromatic heterocycles. The van der Waals surface area contributed by atoms with Crippen LogP contribution in [0.2, 0.25) is 10.0 Å². The molecule has 16 aromatic rings. The second-order valence-corrected chi connectivity index (χ2v) is 36.2. The third-order valence-corrected chi connectivity index (χ3v) is 26.3. The largest absolute Gasteiger partial charge is 0.463 e. The number of para-hydroxylation sites is 1. The molecule has 16 heterocycles. The number of carbonyl (C=O) groups excluding carboxylic acids is 4. The molecule has 21 rings (SSSR count). The van der Waals surface area contributed by atoms with Crippen LogP contribution in [0.15, 0.2) is 179 Å². The van der Waals surface area contributed by atoms with E-state index in [1.807, 2.05) is 112 Å². The van der Waals surface area contributed by atoms with Gasteiger partial charge in [-0.25, -0.2) is 44.3 Å². The van der Waals surface area contributed by atoms with Crippen LogP contribution >= 0.6 is 23.2 Å². The van der Waals surface area contributed by atoms with Crippen LogP contribution in [0.25, 0.3) is 87.2 Å². The van der Waals surface area contributed by atoms with E-state index in [1.165, 1.54) is 49.2 Å².